The Labute approximate surface area is 258 Å². The van der Waals surface area contributed by atoms with Gasteiger partial charge in [-0.2, -0.15) is 5.10 Å². The zero-order valence-corrected chi connectivity index (χ0v) is 25.0. The molecule has 2 aliphatic heterocycles. The third-order valence-electron chi connectivity index (χ3n) is 9.22. The number of carbonyl (C=O) groups excluding carboxylic acids is 4. The fraction of sp³-hybridized carbons (Fsp3) is 0.364. The highest BCUT2D eigenvalue weighted by atomic mass is 19.1. The Morgan fingerprint density at radius 1 is 1.04 bits per heavy atom. The number of hydrogen-bond acceptors (Lipinski definition) is 8. The number of amides is 4. The number of aromatic nitrogens is 4. The first kappa shape index (κ1) is 28.8. The molecule has 2 fully saturated rings. The van der Waals surface area contributed by atoms with Crippen LogP contribution < -0.4 is 10.6 Å². The molecule has 7 rings (SSSR count). The molecule has 1 unspecified atom stereocenters. The van der Waals surface area contributed by atoms with Crippen molar-refractivity contribution in [3.05, 3.63) is 70.9 Å². The lowest BCUT2D eigenvalue weighted by Gasteiger charge is -2.36. The molecular formula is C33H32FN7O4. The number of aryl methyl sites for hydroxylation is 1. The number of halogens is 1. The van der Waals surface area contributed by atoms with Crippen molar-refractivity contribution in [1.29, 1.82) is 0 Å². The van der Waals surface area contributed by atoms with Gasteiger partial charge >= 0.3 is 0 Å². The van der Waals surface area contributed by atoms with Gasteiger partial charge < -0.3 is 5.32 Å². The van der Waals surface area contributed by atoms with Crippen LogP contribution in [0.2, 0.25) is 0 Å². The van der Waals surface area contributed by atoms with E-state index in [1.165, 1.54) is 6.07 Å². The molecule has 2 aromatic heterocycles. The van der Waals surface area contributed by atoms with Crippen molar-refractivity contribution in [3.63, 3.8) is 0 Å². The maximum atomic E-state index is 14.4. The average Bonchev–Trinajstić information content (AvgIpc) is 3.42. The van der Waals surface area contributed by atoms with Gasteiger partial charge in [-0.05, 0) is 82.2 Å². The third kappa shape index (κ3) is 5.03. The van der Waals surface area contributed by atoms with Gasteiger partial charge in [-0.25, -0.2) is 9.37 Å². The van der Waals surface area contributed by atoms with E-state index in [1.807, 2.05) is 13.8 Å². The van der Waals surface area contributed by atoms with Crippen molar-refractivity contribution in [1.82, 2.24) is 30.0 Å². The number of nitrogens with zero attached hydrogens (tertiary/aromatic N) is 5. The van der Waals surface area contributed by atoms with Crippen molar-refractivity contribution in [3.8, 4) is 11.3 Å². The van der Waals surface area contributed by atoms with Gasteiger partial charge in [0.25, 0.3) is 11.8 Å². The molecule has 1 saturated carbocycles. The van der Waals surface area contributed by atoms with E-state index < -0.39 is 35.5 Å². The molecule has 1 atom stereocenters. The molecule has 12 heteroatoms. The maximum Gasteiger partial charge on any atom is 0.262 e. The van der Waals surface area contributed by atoms with Gasteiger partial charge in [0.05, 0.1) is 40.3 Å². The predicted molar refractivity (Wildman–Crippen MR) is 163 cm³/mol. The standard InChI is InChI=1S/C33H32FN7O4/c1-17-29(26-16-36-25-7-3-6-24(34)30(25)37-26)18(2)41(39-17)21-13-19(14-21)5-4-12-35-20-8-9-22-23(15-20)33(45)40(32(22)44)27-10-11-28(42)38-31(27)43/h3,6-9,15-16,19,21,27,35H,4-5,10-14H2,1-2H3,(H,38,42,43). The Balaban J connectivity index is 0.925. The SMILES string of the molecule is Cc1nn(C2CC(CCCNc3ccc4c(c3)C(=O)N(C3CCC(=O)NC3=O)C4=O)C2)c(C)c1-c1cnc2cccc(F)c2n1. The van der Waals surface area contributed by atoms with Crippen molar-refractivity contribution in [2.45, 2.75) is 64.5 Å². The molecular weight excluding hydrogens is 577 g/mol. The topological polar surface area (TPSA) is 139 Å². The fourth-order valence-electron chi connectivity index (χ4n) is 6.85. The molecule has 4 amide bonds. The molecule has 1 aliphatic carbocycles. The van der Waals surface area contributed by atoms with Crippen LogP contribution in [-0.4, -0.2) is 60.9 Å². The fourth-order valence-corrected chi connectivity index (χ4v) is 6.85. The number of hydrogen-bond donors (Lipinski definition) is 2. The molecule has 0 radical (unpaired) electrons. The first-order valence-electron chi connectivity index (χ1n) is 15.3. The first-order chi connectivity index (χ1) is 21.7. The van der Waals surface area contributed by atoms with E-state index in [2.05, 4.69) is 25.3 Å². The second-order valence-electron chi connectivity index (χ2n) is 12.1. The van der Waals surface area contributed by atoms with Crippen LogP contribution in [0, 0.1) is 25.6 Å². The molecule has 0 bridgehead atoms. The summed E-state index contributed by atoms with van der Waals surface area (Å²) in [7, 11) is 0. The third-order valence-corrected chi connectivity index (χ3v) is 9.22. The van der Waals surface area contributed by atoms with Crippen LogP contribution >= 0.6 is 0 Å². The lowest BCUT2D eigenvalue weighted by molar-refractivity contribution is -0.136. The molecule has 4 aromatic rings. The summed E-state index contributed by atoms with van der Waals surface area (Å²) in [6.07, 6.45) is 5.91. The minimum absolute atomic E-state index is 0.0867. The van der Waals surface area contributed by atoms with Crippen molar-refractivity contribution < 1.29 is 23.6 Å². The van der Waals surface area contributed by atoms with Crippen molar-refractivity contribution in [2.75, 3.05) is 11.9 Å². The Kier molecular flexibility index (Phi) is 7.14. The monoisotopic (exact) mass is 609 g/mol. The molecule has 45 heavy (non-hydrogen) atoms. The minimum Gasteiger partial charge on any atom is -0.385 e. The summed E-state index contributed by atoms with van der Waals surface area (Å²) in [5.41, 5.74) is 5.42. The van der Waals surface area contributed by atoms with Crippen LogP contribution in [0.4, 0.5) is 10.1 Å². The normalized spacial score (nSPS) is 21.2. The molecule has 230 valence electrons. The van der Waals surface area contributed by atoms with Crippen LogP contribution in [0.15, 0.2) is 42.6 Å². The van der Waals surface area contributed by atoms with Gasteiger partial charge in [-0.15, -0.1) is 0 Å². The molecule has 1 saturated heterocycles. The van der Waals surface area contributed by atoms with Crippen LogP contribution in [0.3, 0.4) is 0 Å². The highest BCUT2D eigenvalue weighted by Gasteiger charge is 2.44. The number of nitrogens with one attached hydrogen (secondary N) is 2. The smallest absolute Gasteiger partial charge is 0.262 e. The summed E-state index contributed by atoms with van der Waals surface area (Å²) < 4.78 is 16.4. The van der Waals surface area contributed by atoms with E-state index in [0.29, 0.717) is 29.7 Å². The summed E-state index contributed by atoms with van der Waals surface area (Å²) >= 11 is 0. The molecule has 2 N–H and O–H groups in total. The van der Waals surface area contributed by atoms with E-state index in [1.54, 1.807) is 36.5 Å². The van der Waals surface area contributed by atoms with Crippen molar-refractivity contribution >= 4 is 40.3 Å². The van der Waals surface area contributed by atoms with Crippen LogP contribution in [0.1, 0.15) is 76.7 Å². The van der Waals surface area contributed by atoms with Gasteiger partial charge in [0, 0.05) is 29.9 Å². The lowest BCUT2D eigenvalue weighted by Crippen LogP contribution is -2.54. The van der Waals surface area contributed by atoms with Crippen LogP contribution in [0.5, 0.6) is 0 Å². The number of imide groups is 2. The first-order valence-corrected chi connectivity index (χ1v) is 15.3. The van der Waals surface area contributed by atoms with E-state index in [4.69, 9.17) is 5.10 Å². The summed E-state index contributed by atoms with van der Waals surface area (Å²) in [5.74, 6) is -1.86. The Bertz CT molecular complexity index is 1900. The van der Waals surface area contributed by atoms with Crippen molar-refractivity contribution in [2.24, 2.45) is 5.92 Å². The highest BCUT2D eigenvalue weighted by Crippen LogP contribution is 2.42. The number of piperidine rings is 1. The van der Waals surface area contributed by atoms with Crippen LogP contribution in [-0.2, 0) is 9.59 Å². The molecule has 0 spiro atoms. The Morgan fingerprint density at radius 2 is 1.84 bits per heavy atom. The van der Waals surface area contributed by atoms with Gasteiger partial charge in [-0.3, -0.25) is 39.1 Å². The summed E-state index contributed by atoms with van der Waals surface area (Å²) in [5, 5.41) is 10.4. The highest BCUT2D eigenvalue weighted by molar-refractivity contribution is 6.23. The van der Waals surface area contributed by atoms with Gasteiger partial charge in [-0.1, -0.05) is 6.07 Å². The summed E-state index contributed by atoms with van der Waals surface area (Å²) in [6.45, 7) is 4.68. The van der Waals surface area contributed by atoms with E-state index in [-0.39, 0.29) is 29.5 Å². The van der Waals surface area contributed by atoms with E-state index in [0.717, 1.165) is 53.2 Å². The van der Waals surface area contributed by atoms with E-state index >= 15 is 0 Å². The Morgan fingerprint density at radius 3 is 2.64 bits per heavy atom. The van der Waals surface area contributed by atoms with Crippen LogP contribution in [0.25, 0.3) is 22.3 Å². The lowest BCUT2D eigenvalue weighted by atomic mass is 9.77. The number of rotatable bonds is 8. The molecule has 3 aliphatic rings. The number of carbonyl (C=O) groups is 4. The summed E-state index contributed by atoms with van der Waals surface area (Å²) in [4.78, 5) is 59.7. The zero-order valence-electron chi connectivity index (χ0n) is 25.0. The zero-order chi connectivity index (χ0) is 31.4. The average molecular weight is 610 g/mol. The number of fused-ring (bicyclic) bond motifs is 2. The van der Waals surface area contributed by atoms with E-state index in [9.17, 15) is 23.6 Å². The second kappa shape index (κ2) is 11.2. The quantitative estimate of drug-likeness (QED) is 0.220. The second-order valence-corrected chi connectivity index (χ2v) is 12.1. The largest absolute Gasteiger partial charge is 0.385 e. The number of benzene rings is 2. The summed E-state index contributed by atoms with van der Waals surface area (Å²) in [6, 6.07) is 9.13. The van der Waals surface area contributed by atoms with Gasteiger partial charge in [0.1, 0.15) is 11.6 Å². The number of para-hydroxylation sites is 1. The Hall–Kier alpha value is -5.00. The molecule has 2 aromatic carbocycles. The maximum absolute atomic E-state index is 14.4. The van der Waals surface area contributed by atoms with Gasteiger partial charge in [0.2, 0.25) is 11.8 Å². The predicted octanol–water partition coefficient (Wildman–Crippen LogP) is 4.49. The molecule has 11 nitrogen and oxygen atoms in total. The minimum atomic E-state index is -0.976. The van der Waals surface area contributed by atoms with Gasteiger partial charge in [0.15, 0.2) is 5.82 Å². The number of anilines is 1. The molecule has 4 heterocycles.